The van der Waals surface area contributed by atoms with E-state index in [4.69, 9.17) is 0 Å². The van der Waals surface area contributed by atoms with E-state index in [0.29, 0.717) is 4.90 Å². The summed E-state index contributed by atoms with van der Waals surface area (Å²) in [5.74, 6) is 0. The van der Waals surface area contributed by atoms with Crippen LogP contribution in [0.2, 0.25) is 0 Å². The van der Waals surface area contributed by atoms with E-state index in [1.54, 1.807) is 28.6 Å². The zero-order valence-corrected chi connectivity index (χ0v) is 13.0. The summed E-state index contributed by atoms with van der Waals surface area (Å²) in [6.07, 6.45) is 2.99. The molecule has 0 bridgehead atoms. The Kier molecular flexibility index (Phi) is 4.14. The Labute approximate surface area is 117 Å². The summed E-state index contributed by atoms with van der Waals surface area (Å²) in [5.41, 5.74) is 0. The Morgan fingerprint density at radius 2 is 1.61 bits per heavy atom. The van der Waals surface area contributed by atoms with Crippen LogP contribution in [-0.4, -0.2) is 24.8 Å². The van der Waals surface area contributed by atoms with Crippen LogP contribution in [0.1, 0.15) is 33.1 Å². The average molecular weight is 332 g/mol. The van der Waals surface area contributed by atoms with Crippen molar-refractivity contribution < 1.29 is 8.42 Å². The van der Waals surface area contributed by atoms with Crippen molar-refractivity contribution in [3.8, 4) is 0 Å². The Bertz CT molecular complexity index is 502. The molecule has 5 heteroatoms. The monoisotopic (exact) mass is 331 g/mol. The first-order chi connectivity index (χ1) is 8.43. The van der Waals surface area contributed by atoms with Crippen molar-refractivity contribution >= 4 is 26.0 Å². The third-order valence-electron chi connectivity index (χ3n) is 3.50. The topological polar surface area (TPSA) is 37.4 Å². The van der Waals surface area contributed by atoms with Crippen molar-refractivity contribution in [2.75, 3.05) is 0 Å². The fourth-order valence-electron chi connectivity index (χ4n) is 2.60. The summed E-state index contributed by atoms with van der Waals surface area (Å²) in [5, 5.41) is 0. The highest BCUT2D eigenvalue weighted by atomic mass is 79.9. The van der Waals surface area contributed by atoms with Crippen LogP contribution >= 0.6 is 15.9 Å². The molecule has 1 fully saturated rings. The zero-order valence-electron chi connectivity index (χ0n) is 10.6. The van der Waals surface area contributed by atoms with Gasteiger partial charge >= 0.3 is 0 Å². The van der Waals surface area contributed by atoms with E-state index >= 15 is 0 Å². The standard InChI is InChI=1S/C13H18BrNO2S/c1-10-4-3-5-11(2)15(10)18(16,17)13-8-6-12(14)7-9-13/h6-11H,3-5H2,1-2H3/t10-,11-/m1/s1. The van der Waals surface area contributed by atoms with Gasteiger partial charge in [-0.2, -0.15) is 4.31 Å². The van der Waals surface area contributed by atoms with Crippen LogP contribution in [0.3, 0.4) is 0 Å². The lowest BCUT2D eigenvalue weighted by Gasteiger charge is -2.37. The van der Waals surface area contributed by atoms with Crippen LogP contribution < -0.4 is 0 Å². The normalized spacial score (nSPS) is 26.2. The molecule has 1 aromatic carbocycles. The molecule has 1 heterocycles. The minimum absolute atomic E-state index is 0.0856. The molecular weight excluding hydrogens is 314 g/mol. The van der Waals surface area contributed by atoms with Crippen molar-refractivity contribution in [1.82, 2.24) is 4.31 Å². The van der Waals surface area contributed by atoms with E-state index in [0.717, 1.165) is 23.7 Å². The van der Waals surface area contributed by atoms with Gasteiger partial charge in [-0.1, -0.05) is 22.4 Å². The first-order valence-corrected chi connectivity index (χ1v) is 8.45. The van der Waals surface area contributed by atoms with E-state index in [-0.39, 0.29) is 12.1 Å². The molecule has 0 unspecified atom stereocenters. The molecule has 0 spiro atoms. The van der Waals surface area contributed by atoms with Gasteiger partial charge in [0, 0.05) is 16.6 Å². The lowest BCUT2D eigenvalue weighted by atomic mass is 10.0. The molecule has 1 saturated heterocycles. The molecule has 2 rings (SSSR count). The largest absolute Gasteiger partial charge is 0.243 e. The van der Waals surface area contributed by atoms with E-state index in [1.807, 2.05) is 13.8 Å². The molecule has 0 amide bonds. The molecule has 2 atom stereocenters. The molecule has 100 valence electrons. The number of nitrogens with zero attached hydrogens (tertiary/aromatic N) is 1. The highest BCUT2D eigenvalue weighted by molar-refractivity contribution is 9.10. The van der Waals surface area contributed by atoms with E-state index in [9.17, 15) is 8.42 Å². The van der Waals surface area contributed by atoms with Gasteiger partial charge in [0.15, 0.2) is 0 Å². The molecular formula is C13H18BrNO2S. The zero-order chi connectivity index (χ0) is 13.3. The second-order valence-electron chi connectivity index (χ2n) is 4.92. The van der Waals surface area contributed by atoms with Crippen molar-refractivity contribution in [3.63, 3.8) is 0 Å². The molecule has 0 radical (unpaired) electrons. The number of piperidine rings is 1. The smallest absolute Gasteiger partial charge is 0.207 e. The van der Waals surface area contributed by atoms with Crippen molar-refractivity contribution in [1.29, 1.82) is 0 Å². The molecule has 0 aliphatic carbocycles. The summed E-state index contributed by atoms with van der Waals surface area (Å²) in [6, 6.07) is 7.03. The number of sulfonamides is 1. The molecule has 0 saturated carbocycles. The number of halogens is 1. The third-order valence-corrected chi connectivity index (χ3v) is 6.17. The maximum Gasteiger partial charge on any atom is 0.243 e. The van der Waals surface area contributed by atoms with Gasteiger partial charge < -0.3 is 0 Å². The molecule has 1 aliphatic heterocycles. The Hall–Kier alpha value is -0.390. The predicted molar refractivity (Wildman–Crippen MR) is 75.9 cm³/mol. The summed E-state index contributed by atoms with van der Waals surface area (Å²) >= 11 is 3.32. The van der Waals surface area contributed by atoms with Crippen LogP contribution in [0.4, 0.5) is 0 Å². The summed E-state index contributed by atoms with van der Waals surface area (Å²) in [7, 11) is -3.36. The minimum Gasteiger partial charge on any atom is -0.207 e. The maximum atomic E-state index is 12.6. The Balaban J connectivity index is 2.38. The lowest BCUT2D eigenvalue weighted by Crippen LogP contribution is -2.47. The third kappa shape index (κ3) is 2.63. The summed E-state index contributed by atoms with van der Waals surface area (Å²) in [4.78, 5) is 0.381. The number of hydrogen-bond acceptors (Lipinski definition) is 2. The second-order valence-corrected chi connectivity index (χ2v) is 7.68. The first-order valence-electron chi connectivity index (χ1n) is 6.22. The lowest BCUT2D eigenvalue weighted by molar-refractivity contribution is 0.204. The molecule has 3 nitrogen and oxygen atoms in total. The van der Waals surface area contributed by atoms with E-state index < -0.39 is 10.0 Å². The quantitative estimate of drug-likeness (QED) is 0.832. The van der Waals surface area contributed by atoms with Crippen molar-refractivity contribution in [2.45, 2.75) is 50.1 Å². The number of hydrogen-bond donors (Lipinski definition) is 0. The van der Waals surface area contributed by atoms with Crippen LogP contribution in [-0.2, 0) is 10.0 Å². The molecule has 1 aromatic rings. The van der Waals surface area contributed by atoms with Gasteiger partial charge in [0.25, 0.3) is 0 Å². The van der Waals surface area contributed by atoms with Gasteiger partial charge in [0.2, 0.25) is 10.0 Å². The molecule has 0 N–H and O–H groups in total. The Morgan fingerprint density at radius 1 is 1.11 bits per heavy atom. The number of benzene rings is 1. The van der Waals surface area contributed by atoms with Crippen LogP contribution in [0.5, 0.6) is 0 Å². The van der Waals surface area contributed by atoms with Gasteiger partial charge in [-0.3, -0.25) is 0 Å². The predicted octanol–water partition coefficient (Wildman–Crippen LogP) is 3.40. The SMILES string of the molecule is C[C@@H]1CCC[C@@H](C)N1S(=O)(=O)c1ccc(Br)cc1. The highest BCUT2D eigenvalue weighted by Gasteiger charge is 2.35. The summed E-state index contributed by atoms with van der Waals surface area (Å²) < 4.78 is 27.8. The van der Waals surface area contributed by atoms with Crippen LogP contribution in [0.15, 0.2) is 33.6 Å². The van der Waals surface area contributed by atoms with Gasteiger partial charge in [0.1, 0.15) is 0 Å². The van der Waals surface area contributed by atoms with Gasteiger partial charge in [-0.25, -0.2) is 8.42 Å². The van der Waals surface area contributed by atoms with Gasteiger partial charge in [0.05, 0.1) is 4.90 Å². The van der Waals surface area contributed by atoms with Crippen LogP contribution in [0, 0.1) is 0 Å². The molecule has 18 heavy (non-hydrogen) atoms. The molecule has 0 aromatic heterocycles. The fraction of sp³-hybridized carbons (Fsp3) is 0.538. The number of rotatable bonds is 2. The van der Waals surface area contributed by atoms with E-state index in [2.05, 4.69) is 15.9 Å². The molecule has 1 aliphatic rings. The second kappa shape index (κ2) is 5.31. The highest BCUT2D eigenvalue weighted by Crippen LogP contribution is 2.29. The summed E-state index contributed by atoms with van der Waals surface area (Å²) in [6.45, 7) is 3.98. The fourth-order valence-corrected chi connectivity index (χ4v) is 4.75. The van der Waals surface area contributed by atoms with Crippen molar-refractivity contribution in [3.05, 3.63) is 28.7 Å². The average Bonchev–Trinajstić information content (AvgIpc) is 2.29. The first kappa shape index (κ1) is 14.0. The maximum absolute atomic E-state index is 12.6. The van der Waals surface area contributed by atoms with Crippen molar-refractivity contribution in [2.24, 2.45) is 0 Å². The minimum atomic E-state index is -3.36. The Morgan fingerprint density at radius 3 is 2.11 bits per heavy atom. The van der Waals surface area contributed by atoms with E-state index in [1.165, 1.54) is 0 Å². The van der Waals surface area contributed by atoms with Crippen LogP contribution in [0.25, 0.3) is 0 Å². The van der Waals surface area contributed by atoms with Gasteiger partial charge in [-0.15, -0.1) is 0 Å². The van der Waals surface area contributed by atoms with Gasteiger partial charge in [-0.05, 0) is 51.0 Å².